The number of nitrogens with zero attached hydrogens (tertiary/aromatic N) is 4. The summed E-state index contributed by atoms with van der Waals surface area (Å²) < 4.78 is 18.2. The molecule has 3 aliphatic rings. The number of amides is 1. The molecule has 7 rings (SSSR count). The van der Waals surface area contributed by atoms with Crippen molar-refractivity contribution in [3.63, 3.8) is 0 Å². The van der Waals surface area contributed by atoms with Gasteiger partial charge in [0.05, 0.1) is 29.0 Å². The van der Waals surface area contributed by atoms with E-state index in [1.54, 1.807) is 35.8 Å². The molecule has 1 fully saturated rings. The van der Waals surface area contributed by atoms with Crippen molar-refractivity contribution in [1.29, 1.82) is 0 Å². The number of cyclic esters (lactones) is 1. The Morgan fingerprint density at radius 2 is 1.76 bits per heavy atom. The number of ether oxygens (including phenoxy) is 3. The largest absolute Gasteiger partial charge is 0.509 e. The average Bonchev–Trinajstić information content (AvgIpc) is 3.54. The van der Waals surface area contributed by atoms with E-state index in [0.717, 1.165) is 48.4 Å². The van der Waals surface area contributed by atoms with Gasteiger partial charge in [-0.15, -0.1) is 0 Å². The molecule has 0 spiro atoms. The summed E-state index contributed by atoms with van der Waals surface area (Å²) in [6, 6.07) is 14.4. The van der Waals surface area contributed by atoms with E-state index in [1.165, 1.54) is 21.6 Å². The van der Waals surface area contributed by atoms with Gasteiger partial charge in [-0.05, 0) is 74.0 Å². The highest BCUT2D eigenvalue weighted by Crippen LogP contribution is 2.42. The number of carbonyl (C=O) groups excluding carboxylic acids is 3. The number of phenols is 1. The fourth-order valence-electron chi connectivity index (χ4n) is 7.36. The second kappa shape index (κ2) is 15.9. The standard InChI is InChI=1S/C39H43N5O8S2/c1-4-27-28-20-26(45)10-11-32(28)41-34-29(27)22-44-33(34)21-31-30(36(44)47)23-51-37(48)39(31,5-2)52-38(49)50-17-19-54-53-18-12-40-35(46)24-6-8-25(9-7-24)43-15-13-42(3)14-16-43/h6-11,20-21,45H,4-5,12-19,22-23H2,1-3H3,(H,40,46)/t39-/m0/s1. The molecular weight excluding hydrogens is 731 g/mol. The third-order valence-corrected chi connectivity index (χ3v) is 12.7. The number of fused-ring (bicyclic) bond motifs is 5. The molecule has 2 aromatic heterocycles. The fraction of sp³-hybridized carbons (Fsp3) is 0.410. The van der Waals surface area contributed by atoms with Gasteiger partial charge in [0.15, 0.2) is 0 Å². The van der Waals surface area contributed by atoms with E-state index in [9.17, 15) is 24.3 Å². The van der Waals surface area contributed by atoms with Crippen LogP contribution in [-0.4, -0.2) is 95.5 Å². The Morgan fingerprint density at radius 1 is 1.00 bits per heavy atom. The van der Waals surface area contributed by atoms with Crippen molar-refractivity contribution in [2.45, 2.75) is 45.4 Å². The van der Waals surface area contributed by atoms with Crippen molar-refractivity contribution in [3.05, 3.63) is 86.7 Å². The fourth-order valence-corrected chi connectivity index (χ4v) is 9.09. The summed E-state index contributed by atoms with van der Waals surface area (Å²) in [6.45, 7) is 8.21. The number of aromatic nitrogens is 2. The van der Waals surface area contributed by atoms with E-state index in [2.05, 4.69) is 22.2 Å². The van der Waals surface area contributed by atoms with Crippen molar-refractivity contribution in [1.82, 2.24) is 19.8 Å². The van der Waals surface area contributed by atoms with E-state index in [4.69, 9.17) is 19.2 Å². The molecule has 13 nitrogen and oxygen atoms in total. The monoisotopic (exact) mass is 773 g/mol. The highest BCUT2D eigenvalue weighted by Gasteiger charge is 2.51. The van der Waals surface area contributed by atoms with Crippen LogP contribution in [0.25, 0.3) is 22.3 Å². The molecule has 2 N–H and O–H groups in total. The minimum absolute atomic E-state index is 0.0189. The van der Waals surface area contributed by atoms with Crippen molar-refractivity contribution in [2.24, 2.45) is 0 Å². The molecule has 1 amide bonds. The Kier molecular flexibility index (Phi) is 11.1. The van der Waals surface area contributed by atoms with Crippen LogP contribution in [0.4, 0.5) is 10.5 Å². The van der Waals surface area contributed by atoms with Gasteiger partial charge in [-0.2, -0.15) is 0 Å². The van der Waals surface area contributed by atoms with Crippen LogP contribution in [0.15, 0.2) is 53.3 Å². The van der Waals surface area contributed by atoms with Gasteiger partial charge in [-0.3, -0.25) is 9.59 Å². The van der Waals surface area contributed by atoms with E-state index in [-0.39, 0.29) is 54.5 Å². The molecule has 54 heavy (non-hydrogen) atoms. The number of pyridine rings is 2. The van der Waals surface area contributed by atoms with Gasteiger partial charge in [-0.1, -0.05) is 35.4 Å². The Balaban J connectivity index is 0.928. The maximum Gasteiger partial charge on any atom is 0.509 e. The number of hydrogen-bond acceptors (Lipinski definition) is 13. The Labute approximate surface area is 320 Å². The number of likely N-dealkylation sites (N-methyl/N-ethyl adjacent to an activating group) is 1. The molecule has 3 aliphatic heterocycles. The molecule has 5 heterocycles. The Hall–Kier alpha value is -4.73. The molecule has 2 aromatic carbocycles. The minimum atomic E-state index is -1.87. The van der Waals surface area contributed by atoms with Crippen LogP contribution >= 0.6 is 21.6 Å². The van der Waals surface area contributed by atoms with Crippen LogP contribution in [0.5, 0.6) is 5.75 Å². The predicted octanol–water partition coefficient (Wildman–Crippen LogP) is 5.07. The topological polar surface area (TPSA) is 153 Å². The maximum absolute atomic E-state index is 13.9. The number of piperazine rings is 1. The van der Waals surface area contributed by atoms with Gasteiger partial charge in [0.2, 0.25) is 5.60 Å². The Morgan fingerprint density at radius 3 is 2.50 bits per heavy atom. The van der Waals surface area contributed by atoms with E-state index >= 15 is 0 Å². The molecule has 0 saturated carbocycles. The summed E-state index contributed by atoms with van der Waals surface area (Å²) in [4.78, 5) is 62.5. The first kappa shape index (κ1) is 37.6. The van der Waals surface area contributed by atoms with Gasteiger partial charge in [-0.25, -0.2) is 14.6 Å². The molecular formula is C39H43N5O8S2. The summed E-state index contributed by atoms with van der Waals surface area (Å²) in [5, 5.41) is 13.9. The first-order chi connectivity index (χ1) is 26.1. The van der Waals surface area contributed by atoms with E-state index in [1.807, 2.05) is 31.2 Å². The number of rotatable bonds is 12. The van der Waals surface area contributed by atoms with Crippen LogP contribution in [0.1, 0.15) is 52.9 Å². The Bertz CT molecular complexity index is 2150. The molecule has 15 heteroatoms. The highest BCUT2D eigenvalue weighted by atomic mass is 33.1. The number of aromatic hydroxyl groups is 1. The molecule has 1 saturated heterocycles. The lowest BCUT2D eigenvalue weighted by Crippen LogP contribution is -2.47. The van der Waals surface area contributed by atoms with Gasteiger partial charge in [0.1, 0.15) is 19.0 Å². The quantitative estimate of drug-likeness (QED) is 0.0987. The second-order valence-electron chi connectivity index (χ2n) is 13.5. The van der Waals surface area contributed by atoms with Gasteiger partial charge in [0, 0.05) is 72.0 Å². The third kappa shape index (κ3) is 7.23. The first-order valence-corrected chi connectivity index (χ1v) is 20.6. The molecule has 0 unspecified atom stereocenters. The maximum atomic E-state index is 13.9. The van der Waals surface area contributed by atoms with E-state index < -0.39 is 17.7 Å². The van der Waals surface area contributed by atoms with Crippen molar-refractivity contribution < 1.29 is 33.7 Å². The lowest BCUT2D eigenvalue weighted by Gasteiger charge is -2.35. The van der Waals surface area contributed by atoms with Crippen molar-refractivity contribution in [3.8, 4) is 17.1 Å². The average molecular weight is 774 g/mol. The number of esters is 1. The van der Waals surface area contributed by atoms with Crippen LogP contribution in [0, 0.1) is 0 Å². The second-order valence-corrected chi connectivity index (χ2v) is 16.2. The van der Waals surface area contributed by atoms with Crippen LogP contribution in [-0.2, 0) is 44.2 Å². The summed E-state index contributed by atoms with van der Waals surface area (Å²) >= 11 is 0. The van der Waals surface area contributed by atoms with Crippen molar-refractivity contribution >= 4 is 56.2 Å². The third-order valence-electron chi connectivity index (χ3n) is 10.3. The van der Waals surface area contributed by atoms with Gasteiger partial charge in [0.25, 0.3) is 11.5 Å². The van der Waals surface area contributed by atoms with E-state index in [0.29, 0.717) is 46.9 Å². The highest BCUT2D eigenvalue weighted by molar-refractivity contribution is 8.76. The molecule has 4 aromatic rings. The number of benzene rings is 2. The number of phenolic OH excluding ortho intramolecular Hbond substituents is 1. The normalized spacial score (nSPS) is 17.8. The summed E-state index contributed by atoms with van der Waals surface area (Å²) in [5.74, 6) is 0.331. The SMILES string of the molecule is CCc1c2c(nc3ccc(O)cc13)-c1cc3c(c(=O)n1C2)COC(=O)[C@@]3(CC)OC(=O)OCCSSCCNC(=O)c1ccc(N2CCN(C)CC2)cc1. The number of anilines is 1. The lowest BCUT2D eigenvalue weighted by molar-refractivity contribution is -0.175. The van der Waals surface area contributed by atoms with Crippen LogP contribution < -0.4 is 15.8 Å². The molecule has 284 valence electrons. The minimum Gasteiger partial charge on any atom is -0.508 e. The smallest absolute Gasteiger partial charge is 0.508 e. The summed E-state index contributed by atoms with van der Waals surface area (Å²) in [7, 11) is 5.14. The lowest BCUT2D eigenvalue weighted by atomic mass is 9.85. The number of nitrogens with one attached hydrogen (secondary N) is 1. The zero-order valence-corrected chi connectivity index (χ0v) is 32.1. The first-order valence-electron chi connectivity index (χ1n) is 18.1. The molecule has 0 bridgehead atoms. The molecule has 0 aliphatic carbocycles. The molecule has 0 radical (unpaired) electrons. The number of aryl methyl sites for hydroxylation is 1. The van der Waals surface area contributed by atoms with Crippen LogP contribution in [0.2, 0.25) is 0 Å². The summed E-state index contributed by atoms with van der Waals surface area (Å²) in [5.41, 5.74) is 3.68. The zero-order valence-electron chi connectivity index (χ0n) is 30.5. The predicted molar refractivity (Wildman–Crippen MR) is 209 cm³/mol. The summed E-state index contributed by atoms with van der Waals surface area (Å²) in [6.07, 6.45) is -0.371. The number of hydrogen-bond donors (Lipinski definition) is 2. The number of carbonyl (C=O) groups is 3. The zero-order chi connectivity index (χ0) is 38.0. The van der Waals surface area contributed by atoms with Gasteiger partial charge < -0.3 is 39.0 Å². The van der Waals surface area contributed by atoms with Gasteiger partial charge >= 0.3 is 12.1 Å². The molecule has 1 atom stereocenters. The van der Waals surface area contributed by atoms with Crippen molar-refractivity contribution in [2.75, 3.05) is 62.8 Å². The van der Waals surface area contributed by atoms with Crippen LogP contribution in [0.3, 0.4) is 0 Å².